The molecule has 0 radical (unpaired) electrons. The van der Waals surface area contributed by atoms with E-state index >= 15 is 0 Å². The fraction of sp³-hybridized carbons (Fsp3) is 0.538. The molecule has 0 spiro atoms. The number of rotatable bonds is 3. The Morgan fingerprint density at radius 1 is 1.10 bits per heavy atom. The van der Waals surface area contributed by atoms with Gasteiger partial charge in [-0.1, -0.05) is 19.9 Å². The number of halogens is 1. The van der Waals surface area contributed by atoms with Crippen LogP contribution in [0.2, 0.25) is 0 Å². The first-order chi connectivity index (χ1) is 9.62. The van der Waals surface area contributed by atoms with Crippen molar-refractivity contribution in [3.05, 3.63) is 24.3 Å². The molecule has 1 heterocycles. The second kappa shape index (κ2) is 5.87. The molecule has 2 rings (SSSR count). The Bertz CT molecular complexity index is 730. The Morgan fingerprint density at radius 3 is 2.29 bits per heavy atom. The molecular formula is C13H18ClNO4S2. The van der Waals surface area contributed by atoms with Crippen molar-refractivity contribution in [1.29, 1.82) is 0 Å². The first kappa shape index (κ1) is 16.7. The Morgan fingerprint density at radius 2 is 1.71 bits per heavy atom. The van der Waals surface area contributed by atoms with Crippen LogP contribution in [-0.4, -0.2) is 34.2 Å². The Hall–Kier alpha value is -0.630. The van der Waals surface area contributed by atoms with E-state index in [1.165, 1.54) is 22.5 Å². The van der Waals surface area contributed by atoms with Gasteiger partial charge in [0.25, 0.3) is 9.05 Å². The van der Waals surface area contributed by atoms with Gasteiger partial charge in [0.05, 0.1) is 9.79 Å². The molecule has 1 aromatic carbocycles. The zero-order chi connectivity index (χ0) is 15.8. The molecule has 5 nitrogen and oxygen atoms in total. The lowest BCUT2D eigenvalue weighted by molar-refractivity contribution is 0.212. The summed E-state index contributed by atoms with van der Waals surface area (Å²) in [5.41, 5.74) is 0. The van der Waals surface area contributed by atoms with E-state index in [-0.39, 0.29) is 15.7 Å². The zero-order valence-corrected chi connectivity index (χ0v) is 14.2. The van der Waals surface area contributed by atoms with Crippen molar-refractivity contribution in [3.63, 3.8) is 0 Å². The Balaban J connectivity index is 2.37. The maximum atomic E-state index is 12.6. The Labute approximate surface area is 130 Å². The summed E-state index contributed by atoms with van der Waals surface area (Å²) in [6, 6.07) is 5.17. The van der Waals surface area contributed by atoms with E-state index in [0.717, 1.165) is 12.5 Å². The summed E-state index contributed by atoms with van der Waals surface area (Å²) >= 11 is 0. The number of piperidine rings is 1. The number of sulfonamides is 1. The molecule has 0 N–H and O–H groups in total. The molecule has 0 aromatic heterocycles. The van der Waals surface area contributed by atoms with E-state index in [1.54, 1.807) is 0 Å². The van der Waals surface area contributed by atoms with E-state index in [9.17, 15) is 16.8 Å². The lowest BCUT2D eigenvalue weighted by Crippen LogP contribution is -2.42. The van der Waals surface area contributed by atoms with Gasteiger partial charge < -0.3 is 0 Å². The van der Waals surface area contributed by atoms with E-state index in [4.69, 9.17) is 10.7 Å². The summed E-state index contributed by atoms with van der Waals surface area (Å²) in [5.74, 6) is 0.750. The molecule has 0 amide bonds. The molecule has 21 heavy (non-hydrogen) atoms. The van der Waals surface area contributed by atoms with Gasteiger partial charge in [0.2, 0.25) is 10.0 Å². The van der Waals surface area contributed by atoms with Gasteiger partial charge in [-0.05, 0) is 36.5 Å². The van der Waals surface area contributed by atoms with Crippen LogP contribution in [0.25, 0.3) is 0 Å². The van der Waals surface area contributed by atoms with E-state index < -0.39 is 19.1 Å². The van der Waals surface area contributed by atoms with Gasteiger partial charge >= 0.3 is 0 Å². The summed E-state index contributed by atoms with van der Waals surface area (Å²) < 4.78 is 49.3. The van der Waals surface area contributed by atoms with Crippen LogP contribution in [0.1, 0.15) is 20.3 Å². The molecule has 0 aliphatic carbocycles. The van der Waals surface area contributed by atoms with Crippen LogP contribution in [0.5, 0.6) is 0 Å². The van der Waals surface area contributed by atoms with Crippen LogP contribution >= 0.6 is 10.7 Å². The smallest absolute Gasteiger partial charge is 0.207 e. The van der Waals surface area contributed by atoms with Crippen molar-refractivity contribution in [1.82, 2.24) is 4.31 Å². The standard InChI is InChI=1S/C13H18ClNO4S2/c1-10-6-7-15(9-11(10)2)21(18,19)13-5-3-4-12(8-13)20(14,16)17/h3-5,8,10-11H,6-7,9H2,1-2H3. The molecule has 1 aliphatic rings. The Kier molecular flexibility index (Phi) is 4.68. The first-order valence-electron chi connectivity index (χ1n) is 6.67. The highest BCUT2D eigenvalue weighted by molar-refractivity contribution is 8.13. The maximum Gasteiger partial charge on any atom is 0.261 e. The van der Waals surface area contributed by atoms with Gasteiger partial charge in [-0.15, -0.1) is 0 Å². The van der Waals surface area contributed by atoms with Crippen molar-refractivity contribution in [3.8, 4) is 0 Å². The van der Waals surface area contributed by atoms with Crippen LogP contribution in [0, 0.1) is 11.8 Å². The van der Waals surface area contributed by atoms with Crippen LogP contribution < -0.4 is 0 Å². The van der Waals surface area contributed by atoms with Gasteiger partial charge in [-0.25, -0.2) is 16.8 Å². The first-order valence-corrected chi connectivity index (χ1v) is 10.4. The van der Waals surface area contributed by atoms with Crippen LogP contribution in [0.3, 0.4) is 0 Å². The highest BCUT2D eigenvalue weighted by Gasteiger charge is 2.32. The summed E-state index contributed by atoms with van der Waals surface area (Å²) in [7, 11) is -2.37. The van der Waals surface area contributed by atoms with Crippen molar-refractivity contribution >= 4 is 29.8 Å². The molecule has 1 aromatic rings. The third-order valence-corrected chi connectivity index (χ3v) is 7.23. The number of hydrogen-bond donors (Lipinski definition) is 0. The highest BCUT2D eigenvalue weighted by atomic mass is 35.7. The van der Waals surface area contributed by atoms with Gasteiger partial charge in [-0.2, -0.15) is 4.31 Å². The van der Waals surface area contributed by atoms with Crippen molar-refractivity contribution in [2.45, 2.75) is 30.1 Å². The minimum atomic E-state index is -3.95. The monoisotopic (exact) mass is 351 g/mol. The lowest BCUT2D eigenvalue weighted by Gasteiger charge is -2.34. The average Bonchev–Trinajstić information content (AvgIpc) is 2.41. The second-order valence-corrected chi connectivity index (χ2v) is 10.0. The largest absolute Gasteiger partial charge is 0.261 e. The molecule has 2 atom stereocenters. The average molecular weight is 352 g/mol. The SMILES string of the molecule is CC1CCN(S(=O)(=O)c2cccc(S(=O)(=O)Cl)c2)CC1C. The molecule has 0 bridgehead atoms. The molecule has 1 fully saturated rings. The molecular weight excluding hydrogens is 334 g/mol. The zero-order valence-electron chi connectivity index (χ0n) is 11.9. The van der Waals surface area contributed by atoms with Crippen molar-refractivity contribution in [2.24, 2.45) is 11.8 Å². The summed E-state index contributed by atoms with van der Waals surface area (Å²) in [5, 5.41) is 0. The predicted octanol–water partition coefficient (Wildman–Crippen LogP) is 2.28. The van der Waals surface area contributed by atoms with Crippen molar-refractivity contribution < 1.29 is 16.8 Å². The molecule has 8 heteroatoms. The third kappa shape index (κ3) is 3.59. The summed E-state index contributed by atoms with van der Waals surface area (Å²) in [6.07, 6.45) is 0.799. The molecule has 118 valence electrons. The number of nitrogens with zero attached hydrogens (tertiary/aromatic N) is 1. The van der Waals surface area contributed by atoms with Gasteiger partial charge in [-0.3, -0.25) is 0 Å². The molecule has 1 aliphatic heterocycles. The van der Waals surface area contributed by atoms with Crippen molar-refractivity contribution in [2.75, 3.05) is 13.1 Å². The fourth-order valence-electron chi connectivity index (χ4n) is 2.38. The molecule has 0 saturated carbocycles. The molecule has 1 saturated heterocycles. The highest BCUT2D eigenvalue weighted by Crippen LogP contribution is 2.28. The lowest BCUT2D eigenvalue weighted by atomic mass is 9.90. The van der Waals surface area contributed by atoms with E-state index in [1.807, 2.05) is 6.92 Å². The van der Waals surface area contributed by atoms with Crippen LogP contribution in [0.4, 0.5) is 0 Å². The van der Waals surface area contributed by atoms with Crippen LogP contribution in [-0.2, 0) is 19.1 Å². The van der Waals surface area contributed by atoms with E-state index in [0.29, 0.717) is 19.0 Å². The van der Waals surface area contributed by atoms with Gasteiger partial charge in [0, 0.05) is 23.8 Å². The minimum absolute atomic E-state index is 0.0361. The third-order valence-electron chi connectivity index (χ3n) is 4.02. The maximum absolute atomic E-state index is 12.6. The minimum Gasteiger partial charge on any atom is -0.207 e. The summed E-state index contributed by atoms with van der Waals surface area (Å²) in [6.45, 7) is 5.02. The van der Waals surface area contributed by atoms with Gasteiger partial charge in [0.1, 0.15) is 0 Å². The normalized spacial score (nSPS) is 24.9. The van der Waals surface area contributed by atoms with Crippen LogP contribution in [0.15, 0.2) is 34.1 Å². The summed E-state index contributed by atoms with van der Waals surface area (Å²) in [4.78, 5) is -0.241. The van der Waals surface area contributed by atoms with Gasteiger partial charge in [0.15, 0.2) is 0 Å². The number of hydrogen-bond acceptors (Lipinski definition) is 4. The number of benzene rings is 1. The quantitative estimate of drug-likeness (QED) is 0.783. The predicted molar refractivity (Wildman–Crippen MR) is 81.2 cm³/mol. The topological polar surface area (TPSA) is 71.5 Å². The fourth-order valence-corrected chi connectivity index (χ4v) is 4.85. The second-order valence-electron chi connectivity index (χ2n) is 5.52. The molecule has 2 unspecified atom stereocenters. The van der Waals surface area contributed by atoms with E-state index in [2.05, 4.69) is 6.92 Å².